The molecule has 0 fully saturated rings. The molecule has 7 aromatic heterocycles. The van der Waals surface area contributed by atoms with Gasteiger partial charge in [0.25, 0.3) is 0 Å². The van der Waals surface area contributed by atoms with Gasteiger partial charge in [0.1, 0.15) is 22.3 Å². The molecule has 76 heavy (non-hydrogen) atoms. The van der Waals surface area contributed by atoms with Crippen molar-refractivity contribution in [2.75, 3.05) is 0 Å². The Bertz CT molecular complexity index is 4800. The molecule has 354 valence electrons. The van der Waals surface area contributed by atoms with Gasteiger partial charge in [-0.1, -0.05) is 133 Å². The average molecular weight is 974 g/mol. The van der Waals surface area contributed by atoms with Crippen molar-refractivity contribution in [1.82, 2.24) is 34.1 Å². The van der Waals surface area contributed by atoms with Crippen LogP contribution in [0.25, 0.3) is 156 Å². The topological polar surface area (TPSA) is 101 Å². The molecule has 0 saturated carbocycles. The number of para-hydroxylation sites is 4. The van der Waals surface area contributed by atoms with Crippen LogP contribution in [0.5, 0.6) is 0 Å². The molecule has 16 aromatic rings. The van der Waals surface area contributed by atoms with Gasteiger partial charge in [-0.2, -0.15) is 0 Å². The molecule has 0 aliphatic rings. The fourth-order valence-corrected chi connectivity index (χ4v) is 11.4. The molecule has 0 spiro atoms. The van der Waals surface area contributed by atoms with Crippen LogP contribution in [-0.2, 0) is 0 Å². The second-order valence-corrected chi connectivity index (χ2v) is 19.2. The maximum Gasteiger partial charge on any atom is 0.198 e. The van der Waals surface area contributed by atoms with Crippen LogP contribution in [0.4, 0.5) is 0 Å². The number of hydrogen-bond acceptors (Lipinski definition) is 7. The summed E-state index contributed by atoms with van der Waals surface area (Å²) < 4.78 is 17.2. The Kier molecular flexibility index (Phi) is 9.13. The molecule has 9 heteroatoms. The largest absolute Gasteiger partial charge is 0.456 e. The molecule has 0 atom stereocenters. The first-order valence-corrected chi connectivity index (χ1v) is 25.3. The van der Waals surface area contributed by atoms with Gasteiger partial charge in [-0.05, 0) is 91.0 Å². The predicted octanol–water partition coefficient (Wildman–Crippen LogP) is 17.0. The highest BCUT2D eigenvalue weighted by Crippen LogP contribution is 2.44. The van der Waals surface area contributed by atoms with Crippen molar-refractivity contribution >= 4 is 87.5 Å². The summed E-state index contributed by atoms with van der Waals surface area (Å²) in [6.07, 6.45) is 3.77. The summed E-state index contributed by atoms with van der Waals surface area (Å²) in [5.74, 6) is 0.897. The predicted molar refractivity (Wildman–Crippen MR) is 306 cm³/mol. The van der Waals surface area contributed by atoms with Gasteiger partial charge in [-0.3, -0.25) is 0 Å². The zero-order chi connectivity index (χ0) is 49.8. The number of nitrogens with zero attached hydrogens (tertiary/aromatic N) is 7. The van der Waals surface area contributed by atoms with Gasteiger partial charge in [0.15, 0.2) is 11.6 Å². The van der Waals surface area contributed by atoms with Crippen LogP contribution in [0.15, 0.2) is 246 Å². The fourth-order valence-electron chi connectivity index (χ4n) is 11.4. The van der Waals surface area contributed by atoms with E-state index in [1.54, 1.807) is 0 Å². The third-order valence-corrected chi connectivity index (χ3v) is 14.8. The third kappa shape index (κ3) is 6.55. The Balaban J connectivity index is 0.887. The summed E-state index contributed by atoms with van der Waals surface area (Å²) in [4.78, 5) is 25.5. The maximum atomic E-state index is 6.29. The normalized spacial score (nSPS) is 11.9. The van der Waals surface area contributed by atoms with Crippen LogP contribution in [0, 0.1) is 0 Å². The molecule has 7 heterocycles. The van der Waals surface area contributed by atoms with E-state index in [2.05, 4.69) is 167 Å². The Labute approximate surface area is 433 Å². The van der Waals surface area contributed by atoms with Crippen molar-refractivity contribution in [3.05, 3.63) is 237 Å². The van der Waals surface area contributed by atoms with Crippen molar-refractivity contribution < 1.29 is 8.83 Å². The van der Waals surface area contributed by atoms with Crippen LogP contribution in [0.1, 0.15) is 0 Å². The maximum absolute atomic E-state index is 6.29. The number of aromatic nitrogens is 7. The number of hydrogen-bond donors (Lipinski definition) is 0. The molecule has 0 aliphatic heterocycles. The molecule has 0 unspecified atom stereocenters. The zero-order valence-corrected chi connectivity index (χ0v) is 40.5. The van der Waals surface area contributed by atoms with E-state index in [4.69, 9.17) is 33.8 Å². The molecule has 0 aliphatic carbocycles. The van der Waals surface area contributed by atoms with Crippen molar-refractivity contribution in [3.63, 3.8) is 0 Å². The highest BCUT2D eigenvalue weighted by Gasteiger charge is 2.23. The van der Waals surface area contributed by atoms with E-state index in [1.807, 2.05) is 79.1 Å². The molecule has 0 bridgehead atoms. The molecule has 9 aromatic carbocycles. The fraction of sp³-hybridized carbons (Fsp3) is 0. The Morgan fingerprint density at radius 1 is 0.276 bits per heavy atom. The summed E-state index contributed by atoms with van der Waals surface area (Å²) in [6, 6.07) is 77.8. The van der Waals surface area contributed by atoms with Crippen molar-refractivity contribution in [2.24, 2.45) is 0 Å². The Morgan fingerprint density at radius 2 is 0.697 bits per heavy atom. The van der Waals surface area contributed by atoms with Gasteiger partial charge in [-0.25, -0.2) is 24.9 Å². The van der Waals surface area contributed by atoms with Gasteiger partial charge in [0.2, 0.25) is 0 Å². The number of furan rings is 2. The first-order chi connectivity index (χ1) is 37.6. The molecule has 0 N–H and O–H groups in total. The summed E-state index contributed by atoms with van der Waals surface area (Å²) in [6.45, 7) is 0. The molecular weight excluding hydrogens is 935 g/mol. The number of fused-ring (bicyclic) bond motifs is 13. The first kappa shape index (κ1) is 42.0. The van der Waals surface area contributed by atoms with Crippen molar-refractivity contribution in [2.45, 2.75) is 0 Å². The van der Waals surface area contributed by atoms with E-state index in [-0.39, 0.29) is 0 Å². The minimum Gasteiger partial charge on any atom is -0.456 e. The molecule has 9 nitrogen and oxygen atoms in total. The number of rotatable bonds is 7. The number of pyridine rings is 1. The Morgan fingerprint density at radius 3 is 1.21 bits per heavy atom. The summed E-state index contributed by atoms with van der Waals surface area (Å²) in [7, 11) is 0. The smallest absolute Gasteiger partial charge is 0.198 e. The lowest BCUT2D eigenvalue weighted by Gasteiger charge is -2.14. The van der Waals surface area contributed by atoms with E-state index in [0.29, 0.717) is 11.6 Å². The Hall–Kier alpha value is -10.5. The lowest BCUT2D eigenvalue weighted by molar-refractivity contribution is 0.668. The molecule has 16 rings (SSSR count). The highest BCUT2D eigenvalue weighted by molar-refractivity contribution is 6.29. The van der Waals surface area contributed by atoms with Gasteiger partial charge in [0, 0.05) is 65.3 Å². The van der Waals surface area contributed by atoms with Crippen LogP contribution in [0.3, 0.4) is 0 Å². The third-order valence-electron chi connectivity index (χ3n) is 14.8. The minimum absolute atomic E-state index is 0.442. The standard InChI is InChI=1S/C67H39N7O2/c1-3-15-40(16-4-1)54-37-55(41-17-5-2-6-18-41)72-67(71-54)66-68-38-45(39-69-66)74-57-24-12-8-22-49(57)65-59(74)30-29-58-64(65)48-21-7-11-23-56(48)73(58)44-35-52(42-27-31-62-50(33-42)46-19-9-13-25-60(46)75-62)70-53(36-44)43-28-32-63-51(34-43)47-20-10-14-26-61(47)76-63/h1-39H. The highest BCUT2D eigenvalue weighted by atomic mass is 16.3. The van der Waals surface area contributed by atoms with Gasteiger partial charge < -0.3 is 18.0 Å². The summed E-state index contributed by atoms with van der Waals surface area (Å²) in [5.41, 5.74) is 16.7. The summed E-state index contributed by atoms with van der Waals surface area (Å²) in [5, 5.41) is 8.79. The van der Waals surface area contributed by atoms with Crippen LogP contribution < -0.4 is 0 Å². The van der Waals surface area contributed by atoms with Crippen molar-refractivity contribution in [1.29, 1.82) is 0 Å². The van der Waals surface area contributed by atoms with Crippen LogP contribution in [0.2, 0.25) is 0 Å². The number of benzene rings is 9. The SMILES string of the molecule is c1ccc(-c2cc(-c3ccccc3)nc(-c3ncc(-n4c5ccccc5c5c6c7ccccc7n(-c7cc(-c8ccc9oc%10ccccc%10c9c8)nc(-c8ccc9oc%10ccccc%10c9c8)c7)c6ccc54)cn3)n2)cc1. The average Bonchev–Trinajstić information content (AvgIpc) is 4.27. The van der Waals surface area contributed by atoms with Gasteiger partial charge in [-0.15, -0.1) is 0 Å². The van der Waals surface area contributed by atoms with Crippen LogP contribution >= 0.6 is 0 Å². The van der Waals surface area contributed by atoms with E-state index >= 15 is 0 Å². The lowest BCUT2D eigenvalue weighted by atomic mass is 10.0. The lowest BCUT2D eigenvalue weighted by Crippen LogP contribution is -2.01. The quantitative estimate of drug-likeness (QED) is 0.157. The summed E-state index contributed by atoms with van der Waals surface area (Å²) >= 11 is 0. The van der Waals surface area contributed by atoms with Gasteiger partial charge >= 0.3 is 0 Å². The molecule has 0 amide bonds. The van der Waals surface area contributed by atoms with E-state index in [9.17, 15) is 0 Å². The second-order valence-electron chi connectivity index (χ2n) is 19.2. The van der Waals surface area contributed by atoms with Gasteiger partial charge in [0.05, 0.1) is 68.6 Å². The van der Waals surface area contributed by atoms with E-state index < -0.39 is 0 Å². The molecular formula is C67H39N7O2. The monoisotopic (exact) mass is 973 g/mol. The van der Waals surface area contributed by atoms with E-state index in [0.717, 1.165) is 144 Å². The molecule has 0 saturated heterocycles. The van der Waals surface area contributed by atoms with E-state index in [1.165, 1.54) is 0 Å². The second kappa shape index (κ2) is 16.5. The zero-order valence-electron chi connectivity index (χ0n) is 40.5. The minimum atomic E-state index is 0.442. The first-order valence-electron chi connectivity index (χ1n) is 25.3. The van der Waals surface area contributed by atoms with Crippen molar-refractivity contribution in [3.8, 4) is 68.1 Å². The van der Waals surface area contributed by atoms with Crippen LogP contribution in [-0.4, -0.2) is 34.1 Å². The molecule has 0 radical (unpaired) electrons.